The first-order chi connectivity index (χ1) is 9.91. The number of unbranched alkanes of at least 4 members (excludes halogenated alkanes) is 1. The minimum absolute atomic E-state index is 0.0488. The van der Waals surface area contributed by atoms with E-state index in [0.29, 0.717) is 6.42 Å². The quantitative estimate of drug-likeness (QED) is 0.524. The fourth-order valence-corrected chi connectivity index (χ4v) is 2.39. The van der Waals surface area contributed by atoms with E-state index in [4.69, 9.17) is 9.47 Å². The van der Waals surface area contributed by atoms with Gasteiger partial charge in [0, 0.05) is 24.9 Å². The molecule has 0 bridgehead atoms. The van der Waals surface area contributed by atoms with Gasteiger partial charge in [-0.2, -0.15) is 0 Å². The van der Waals surface area contributed by atoms with E-state index in [2.05, 4.69) is 26.1 Å². The molecular formula is C16H29NO4. The summed E-state index contributed by atoms with van der Waals surface area (Å²) in [5, 5.41) is 2.57. The molecule has 1 saturated carbocycles. The first-order valence-corrected chi connectivity index (χ1v) is 7.99. The van der Waals surface area contributed by atoms with Gasteiger partial charge in [0.1, 0.15) is 12.6 Å². The number of carbonyl (C=O) groups excluding carboxylic acids is 2. The van der Waals surface area contributed by atoms with Crippen molar-refractivity contribution in [3.05, 3.63) is 0 Å². The van der Waals surface area contributed by atoms with Gasteiger partial charge in [-0.1, -0.05) is 34.1 Å². The molecule has 0 aromatic heterocycles. The van der Waals surface area contributed by atoms with E-state index < -0.39 is 0 Å². The number of rotatable bonds is 9. The summed E-state index contributed by atoms with van der Waals surface area (Å²) in [7, 11) is 0. The van der Waals surface area contributed by atoms with Crippen LogP contribution >= 0.6 is 0 Å². The molecule has 0 aromatic rings. The van der Waals surface area contributed by atoms with Crippen molar-refractivity contribution in [3.63, 3.8) is 0 Å². The second kappa shape index (κ2) is 8.37. The summed E-state index contributed by atoms with van der Waals surface area (Å²) in [6, 6.07) is 0. The highest BCUT2D eigenvalue weighted by Crippen LogP contribution is 2.44. The third-order valence-electron chi connectivity index (χ3n) is 4.09. The Morgan fingerprint density at radius 1 is 1.19 bits per heavy atom. The molecule has 1 aliphatic rings. The molecule has 2 atom stereocenters. The summed E-state index contributed by atoms with van der Waals surface area (Å²) in [5.41, 5.74) is -0.156. The van der Waals surface area contributed by atoms with Gasteiger partial charge in [-0.15, -0.1) is 0 Å². The molecule has 0 aliphatic heterocycles. The van der Waals surface area contributed by atoms with Gasteiger partial charge in [0.15, 0.2) is 0 Å². The summed E-state index contributed by atoms with van der Waals surface area (Å²) in [6.07, 6.45) is 4.15. The minimum Gasteiger partial charge on any atom is -0.460 e. The first-order valence-electron chi connectivity index (χ1n) is 7.99. The van der Waals surface area contributed by atoms with E-state index in [1.807, 2.05) is 6.92 Å². The Kier molecular flexibility index (Phi) is 7.15. The van der Waals surface area contributed by atoms with Crippen molar-refractivity contribution >= 4 is 11.9 Å². The Bertz CT molecular complexity index is 354. The molecule has 5 heteroatoms. The minimum atomic E-state index is -0.371. The molecule has 21 heavy (non-hydrogen) atoms. The van der Waals surface area contributed by atoms with Crippen LogP contribution in [0.2, 0.25) is 0 Å². The number of nitrogens with one attached hydrogen (secondary N) is 1. The number of ether oxygens (including phenoxy) is 2. The molecule has 1 fully saturated rings. The third-order valence-corrected chi connectivity index (χ3v) is 4.09. The molecule has 0 radical (unpaired) electrons. The van der Waals surface area contributed by atoms with Crippen LogP contribution in [-0.2, 0) is 19.1 Å². The lowest BCUT2D eigenvalue weighted by Crippen LogP contribution is -2.57. The summed E-state index contributed by atoms with van der Waals surface area (Å²) in [4.78, 5) is 23.0. The molecule has 0 spiro atoms. The predicted molar refractivity (Wildman–Crippen MR) is 80.8 cm³/mol. The summed E-state index contributed by atoms with van der Waals surface area (Å²) in [6.45, 7) is 8.88. The van der Waals surface area contributed by atoms with E-state index in [9.17, 15) is 9.59 Å². The van der Waals surface area contributed by atoms with Crippen molar-refractivity contribution in [2.45, 2.75) is 72.0 Å². The van der Waals surface area contributed by atoms with Crippen LogP contribution in [0.3, 0.4) is 0 Å². The molecule has 0 heterocycles. The number of hydrogen-bond acceptors (Lipinski definition) is 4. The van der Waals surface area contributed by atoms with Crippen molar-refractivity contribution in [3.8, 4) is 0 Å². The van der Waals surface area contributed by atoms with Gasteiger partial charge in [0.05, 0.1) is 6.10 Å². The highest BCUT2D eigenvalue weighted by Gasteiger charge is 2.51. The van der Waals surface area contributed by atoms with Crippen LogP contribution in [0.15, 0.2) is 0 Å². The lowest BCUT2D eigenvalue weighted by molar-refractivity contribution is -0.202. The van der Waals surface area contributed by atoms with Crippen molar-refractivity contribution < 1.29 is 19.1 Å². The second-order valence-corrected chi connectivity index (χ2v) is 6.28. The van der Waals surface area contributed by atoms with Crippen LogP contribution in [0.1, 0.15) is 59.8 Å². The van der Waals surface area contributed by atoms with Gasteiger partial charge in [-0.25, -0.2) is 0 Å². The molecule has 1 aliphatic carbocycles. The Hall–Kier alpha value is -1.10. The lowest BCUT2D eigenvalue weighted by atomic mass is 9.66. The van der Waals surface area contributed by atoms with E-state index >= 15 is 0 Å². The Morgan fingerprint density at radius 2 is 1.90 bits per heavy atom. The number of amides is 1. The van der Waals surface area contributed by atoms with Crippen LogP contribution in [0.4, 0.5) is 0 Å². The van der Waals surface area contributed by atoms with Crippen LogP contribution in [0.5, 0.6) is 0 Å². The van der Waals surface area contributed by atoms with Crippen molar-refractivity contribution in [2.75, 3.05) is 13.2 Å². The van der Waals surface area contributed by atoms with E-state index in [1.165, 1.54) is 0 Å². The fraction of sp³-hybridized carbons (Fsp3) is 0.875. The Morgan fingerprint density at radius 3 is 2.48 bits per heavy atom. The smallest absolute Gasteiger partial charge is 0.325 e. The van der Waals surface area contributed by atoms with Gasteiger partial charge in [0.2, 0.25) is 5.91 Å². The number of esters is 1. The van der Waals surface area contributed by atoms with Crippen molar-refractivity contribution in [1.29, 1.82) is 0 Å². The van der Waals surface area contributed by atoms with Gasteiger partial charge in [-0.05, 0) is 12.8 Å². The topological polar surface area (TPSA) is 64.6 Å². The molecule has 1 N–H and O–H groups in total. The third kappa shape index (κ3) is 5.30. The average molecular weight is 299 g/mol. The summed E-state index contributed by atoms with van der Waals surface area (Å²) < 4.78 is 11.2. The molecule has 0 aromatic carbocycles. The highest BCUT2D eigenvalue weighted by molar-refractivity contribution is 5.81. The summed E-state index contributed by atoms with van der Waals surface area (Å²) >= 11 is 0. The highest BCUT2D eigenvalue weighted by atomic mass is 16.6. The van der Waals surface area contributed by atoms with E-state index in [1.54, 1.807) is 0 Å². The SMILES string of the molecule is CCCCO[C@H]1C[C@@H](OC(=O)CNC(=O)CCC)C1(C)C. The molecule has 122 valence electrons. The summed E-state index contributed by atoms with van der Waals surface area (Å²) in [5.74, 6) is -0.479. The van der Waals surface area contributed by atoms with Gasteiger partial charge >= 0.3 is 5.97 Å². The zero-order valence-corrected chi connectivity index (χ0v) is 13.7. The molecule has 0 saturated heterocycles. The van der Waals surface area contributed by atoms with E-state index in [0.717, 1.165) is 32.3 Å². The van der Waals surface area contributed by atoms with Crippen molar-refractivity contribution in [2.24, 2.45) is 5.41 Å². The molecular weight excluding hydrogens is 270 g/mol. The largest absolute Gasteiger partial charge is 0.460 e. The van der Waals surface area contributed by atoms with Crippen LogP contribution in [-0.4, -0.2) is 37.2 Å². The van der Waals surface area contributed by atoms with Gasteiger partial charge < -0.3 is 14.8 Å². The van der Waals surface area contributed by atoms with E-state index in [-0.39, 0.29) is 36.0 Å². The number of hydrogen-bond donors (Lipinski definition) is 1. The Balaban J connectivity index is 2.26. The molecule has 5 nitrogen and oxygen atoms in total. The van der Waals surface area contributed by atoms with Gasteiger partial charge in [0.25, 0.3) is 0 Å². The molecule has 1 amide bonds. The Labute approximate surface area is 127 Å². The standard InChI is InChI=1S/C16H29NO4/c1-5-7-9-20-12-10-13(16(12,3)4)21-15(19)11-17-14(18)8-6-2/h12-13H,5-11H2,1-4H3,(H,17,18)/t12-,13+/m0/s1. The predicted octanol–water partition coefficient (Wildman–Crippen LogP) is 2.43. The lowest BCUT2D eigenvalue weighted by Gasteiger charge is -2.50. The van der Waals surface area contributed by atoms with Gasteiger partial charge in [-0.3, -0.25) is 9.59 Å². The van der Waals surface area contributed by atoms with Crippen LogP contribution < -0.4 is 5.32 Å². The van der Waals surface area contributed by atoms with Crippen LogP contribution in [0.25, 0.3) is 0 Å². The normalized spacial score (nSPS) is 23.2. The molecule has 1 rings (SSSR count). The average Bonchev–Trinajstić information content (AvgIpc) is 2.43. The zero-order chi connectivity index (χ0) is 15.9. The zero-order valence-electron chi connectivity index (χ0n) is 13.7. The second-order valence-electron chi connectivity index (χ2n) is 6.28. The fourth-order valence-electron chi connectivity index (χ4n) is 2.39. The maximum Gasteiger partial charge on any atom is 0.325 e. The monoisotopic (exact) mass is 299 g/mol. The maximum atomic E-state index is 11.7. The van der Waals surface area contributed by atoms with Crippen LogP contribution in [0, 0.1) is 5.41 Å². The first kappa shape index (κ1) is 18.0. The number of carbonyl (C=O) groups is 2. The van der Waals surface area contributed by atoms with Crippen molar-refractivity contribution in [1.82, 2.24) is 5.32 Å². The molecule has 0 unspecified atom stereocenters. The maximum absolute atomic E-state index is 11.7.